The van der Waals surface area contributed by atoms with Gasteiger partial charge in [0.2, 0.25) is 0 Å². The summed E-state index contributed by atoms with van der Waals surface area (Å²) >= 11 is 0. The zero-order valence-electron chi connectivity index (χ0n) is 8.66. The molecule has 1 N–H and O–H groups in total. The van der Waals surface area contributed by atoms with E-state index < -0.39 is 0 Å². The van der Waals surface area contributed by atoms with Gasteiger partial charge in [0.1, 0.15) is 0 Å². The van der Waals surface area contributed by atoms with Crippen LogP contribution in [0, 0.1) is 5.92 Å². The van der Waals surface area contributed by atoms with E-state index in [0.29, 0.717) is 12.6 Å². The van der Waals surface area contributed by atoms with Crippen LogP contribution < -0.4 is 5.32 Å². The fourth-order valence-electron chi connectivity index (χ4n) is 2.39. The van der Waals surface area contributed by atoms with Gasteiger partial charge in [-0.25, -0.2) is 0 Å². The van der Waals surface area contributed by atoms with Crippen molar-refractivity contribution in [2.24, 2.45) is 5.92 Å². The van der Waals surface area contributed by atoms with Crippen LogP contribution in [0.2, 0.25) is 0 Å². The lowest BCUT2D eigenvalue weighted by Crippen LogP contribution is -2.47. The van der Waals surface area contributed by atoms with Crippen LogP contribution in [-0.4, -0.2) is 49.7 Å². The Morgan fingerprint density at radius 3 is 3.21 bits per heavy atom. The Bertz CT molecular complexity index is 206. The Kier molecular flexibility index (Phi) is 3.03. The van der Waals surface area contributed by atoms with Crippen LogP contribution in [0.1, 0.15) is 13.3 Å². The van der Waals surface area contributed by atoms with Crippen molar-refractivity contribution >= 4 is 5.97 Å². The minimum Gasteiger partial charge on any atom is -0.466 e. The van der Waals surface area contributed by atoms with Crippen LogP contribution >= 0.6 is 0 Å². The monoisotopic (exact) mass is 198 g/mol. The molecule has 2 aliphatic heterocycles. The lowest BCUT2D eigenvalue weighted by molar-refractivity contribution is -0.147. The van der Waals surface area contributed by atoms with Gasteiger partial charge in [-0.2, -0.15) is 0 Å². The smallest absolute Gasteiger partial charge is 0.310 e. The van der Waals surface area contributed by atoms with Crippen molar-refractivity contribution in [3.05, 3.63) is 0 Å². The maximum absolute atomic E-state index is 11.5. The Morgan fingerprint density at radius 1 is 1.64 bits per heavy atom. The molecule has 0 aromatic heterocycles. The molecule has 0 aromatic carbocycles. The highest BCUT2D eigenvalue weighted by molar-refractivity contribution is 5.73. The molecule has 2 heterocycles. The number of rotatable bonds is 2. The van der Waals surface area contributed by atoms with E-state index in [9.17, 15) is 4.79 Å². The topological polar surface area (TPSA) is 41.6 Å². The average Bonchev–Trinajstić information content (AvgIpc) is 2.61. The lowest BCUT2D eigenvalue weighted by atomic mass is 10.1. The lowest BCUT2D eigenvalue weighted by Gasteiger charge is -2.29. The van der Waals surface area contributed by atoms with Gasteiger partial charge in [0.15, 0.2) is 0 Å². The molecule has 14 heavy (non-hydrogen) atoms. The van der Waals surface area contributed by atoms with E-state index in [1.54, 1.807) is 0 Å². The molecule has 2 aliphatic rings. The minimum atomic E-state index is -0.0121. The van der Waals surface area contributed by atoms with Crippen molar-refractivity contribution in [3.8, 4) is 0 Å². The molecule has 2 rings (SSSR count). The zero-order chi connectivity index (χ0) is 9.97. The number of ether oxygens (including phenoxy) is 1. The highest BCUT2D eigenvalue weighted by Crippen LogP contribution is 2.24. The minimum absolute atomic E-state index is 0.0121. The Hall–Kier alpha value is -0.610. The molecule has 0 saturated carbocycles. The first-order valence-corrected chi connectivity index (χ1v) is 5.42. The molecule has 0 spiro atoms. The maximum Gasteiger partial charge on any atom is 0.310 e. The van der Waals surface area contributed by atoms with Crippen molar-refractivity contribution in [3.63, 3.8) is 0 Å². The van der Waals surface area contributed by atoms with Gasteiger partial charge in [0, 0.05) is 32.2 Å². The Morgan fingerprint density at radius 2 is 2.50 bits per heavy atom. The molecule has 0 bridgehead atoms. The molecule has 4 heteroatoms. The Labute approximate surface area is 84.6 Å². The second-order valence-electron chi connectivity index (χ2n) is 4.04. The summed E-state index contributed by atoms with van der Waals surface area (Å²) in [4.78, 5) is 13.9. The number of nitrogens with zero attached hydrogens (tertiary/aromatic N) is 1. The van der Waals surface area contributed by atoms with Crippen LogP contribution in [0.3, 0.4) is 0 Å². The first kappa shape index (κ1) is 9.93. The molecule has 0 aromatic rings. The van der Waals surface area contributed by atoms with Gasteiger partial charge in [0.05, 0.1) is 12.5 Å². The molecule has 4 nitrogen and oxygen atoms in total. The summed E-state index contributed by atoms with van der Waals surface area (Å²) in [5.41, 5.74) is 0. The third-order valence-electron chi connectivity index (χ3n) is 3.10. The molecule has 2 atom stereocenters. The first-order valence-electron chi connectivity index (χ1n) is 5.42. The molecule has 2 saturated heterocycles. The maximum atomic E-state index is 11.5. The number of nitrogens with one attached hydrogen (secondary N) is 1. The van der Waals surface area contributed by atoms with Gasteiger partial charge >= 0.3 is 5.97 Å². The van der Waals surface area contributed by atoms with Gasteiger partial charge in [-0.3, -0.25) is 9.69 Å². The van der Waals surface area contributed by atoms with Crippen molar-refractivity contribution in [1.82, 2.24) is 10.2 Å². The molecular formula is C10H18N2O2. The summed E-state index contributed by atoms with van der Waals surface area (Å²) in [6.07, 6.45) is 0.964. The van der Waals surface area contributed by atoms with Crippen LogP contribution in [0.25, 0.3) is 0 Å². The van der Waals surface area contributed by atoms with E-state index in [4.69, 9.17) is 4.74 Å². The molecule has 0 radical (unpaired) electrons. The fourth-order valence-corrected chi connectivity index (χ4v) is 2.39. The summed E-state index contributed by atoms with van der Waals surface area (Å²) in [6.45, 7) is 6.40. The van der Waals surface area contributed by atoms with E-state index in [0.717, 1.165) is 32.6 Å². The number of carbonyl (C=O) groups is 1. The summed E-state index contributed by atoms with van der Waals surface area (Å²) in [6, 6.07) is 0.554. The molecule has 2 fully saturated rings. The van der Waals surface area contributed by atoms with Gasteiger partial charge < -0.3 is 10.1 Å². The summed E-state index contributed by atoms with van der Waals surface area (Å²) in [5, 5.41) is 3.35. The predicted octanol–water partition coefficient (Wildman–Crippen LogP) is -0.157. The third-order valence-corrected chi connectivity index (χ3v) is 3.10. The highest BCUT2D eigenvalue weighted by atomic mass is 16.5. The molecule has 2 unspecified atom stereocenters. The summed E-state index contributed by atoms with van der Waals surface area (Å²) < 4.78 is 5.05. The number of hydrogen-bond acceptors (Lipinski definition) is 4. The quantitative estimate of drug-likeness (QED) is 0.626. The summed E-state index contributed by atoms with van der Waals surface area (Å²) in [5.74, 6) is 0.0988. The largest absolute Gasteiger partial charge is 0.466 e. The molecule has 0 amide bonds. The van der Waals surface area contributed by atoms with Gasteiger partial charge in [-0.05, 0) is 13.3 Å². The number of carbonyl (C=O) groups excluding carboxylic acids is 1. The predicted molar refractivity (Wildman–Crippen MR) is 53.0 cm³/mol. The molecule has 80 valence electrons. The van der Waals surface area contributed by atoms with Crippen LogP contribution in [0.4, 0.5) is 0 Å². The first-order chi connectivity index (χ1) is 6.81. The third kappa shape index (κ3) is 1.91. The Balaban J connectivity index is 1.89. The normalized spacial score (nSPS) is 32.6. The van der Waals surface area contributed by atoms with Gasteiger partial charge in [-0.1, -0.05) is 0 Å². The SMILES string of the molecule is CCOC(=O)C1CC2CNCCN2C1. The highest BCUT2D eigenvalue weighted by Gasteiger charge is 2.37. The van der Waals surface area contributed by atoms with Crippen LogP contribution in [0.5, 0.6) is 0 Å². The summed E-state index contributed by atoms with van der Waals surface area (Å²) in [7, 11) is 0. The van der Waals surface area contributed by atoms with E-state index >= 15 is 0 Å². The van der Waals surface area contributed by atoms with Crippen LogP contribution in [0.15, 0.2) is 0 Å². The second kappa shape index (κ2) is 4.28. The second-order valence-corrected chi connectivity index (χ2v) is 4.04. The van der Waals surface area contributed by atoms with Gasteiger partial charge in [-0.15, -0.1) is 0 Å². The van der Waals surface area contributed by atoms with Crippen molar-refractivity contribution in [2.45, 2.75) is 19.4 Å². The number of esters is 1. The number of hydrogen-bond donors (Lipinski definition) is 1. The standard InChI is InChI=1S/C10H18N2O2/c1-2-14-10(13)8-5-9-6-11-3-4-12(9)7-8/h8-9,11H,2-7H2,1H3. The van der Waals surface area contributed by atoms with Crippen LogP contribution in [-0.2, 0) is 9.53 Å². The van der Waals surface area contributed by atoms with E-state index in [2.05, 4.69) is 10.2 Å². The van der Waals surface area contributed by atoms with Crippen molar-refractivity contribution in [1.29, 1.82) is 0 Å². The van der Waals surface area contributed by atoms with Crippen molar-refractivity contribution in [2.75, 3.05) is 32.8 Å². The zero-order valence-corrected chi connectivity index (χ0v) is 8.66. The van der Waals surface area contributed by atoms with E-state index in [1.807, 2.05) is 6.92 Å². The molecular weight excluding hydrogens is 180 g/mol. The fraction of sp³-hybridized carbons (Fsp3) is 0.900. The van der Waals surface area contributed by atoms with Crippen molar-refractivity contribution < 1.29 is 9.53 Å². The van der Waals surface area contributed by atoms with E-state index in [1.165, 1.54) is 0 Å². The molecule has 0 aliphatic carbocycles. The van der Waals surface area contributed by atoms with E-state index in [-0.39, 0.29) is 11.9 Å². The number of fused-ring (bicyclic) bond motifs is 1. The average molecular weight is 198 g/mol. The van der Waals surface area contributed by atoms with Gasteiger partial charge in [0.25, 0.3) is 0 Å². The number of piperazine rings is 1.